The van der Waals surface area contributed by atoms with E-state index in [0.29, 0.717) is 23.9 Å². The Balaban J connectivity index is 2.35. The normalized spacial score (nSPS) is 10.3. The summed E-state index contributed by atoms with van der Waals surface area (Å²) in [6.45, 7) is 0.426. The number of nitrogens with zero attached hydrogens (tertiary/aromatic N) is 3. The van der Waals surface area contributed by atoms with Crippen molar-refractivity contribution in [2.45, 2.75) is 6.54 Å². The number of aromatic nitrogens is 4. The Morgan fingerprint density at radius 3 is 2.93 bits per heavy atom. The van der Waals surface area contributed by atoms with E-state index in [1.165, 1.54) is 6.33 Å². The van der Waals surface area contributed by atoms with Crippen LogP contribution in [-0.4, -0.2) is 27.0 Å². The molecular formula is C9H11N5O. The fraction of sp³-hybridized carbons (Fsp3) is 0.222. The van der Waals surface area contributed by atoms with Crippen LogP contribution in [0.3, 0.4) is 0 Å². The van der Waals surface area contributed by atoms with Gasteiger partial charge in [0, 0.05) is 24.5 Å². The van der Waals surface area contributed by atoms with Gasteiger partial charge in [-0.05, 0) is 0 Å². The minimum absolute atomic E-state index is 0.426. The lowest BCUT2D eigenvalue weighted by atomic mass is 10.4. The molecule has 2 heterocycles. The predicted octanol–water partition coefficient (Wildman–Crippen LogP) is 0.334. The highest BCUT2D eigenvalue weighted by molar-refractivity contribution is 5.50. The summed E-state index contributed by atoms with van der Waals surface area (Å²) in [5, 5.41) is 0. The van der Waals surface area contributed by atoms with Crippen LogP contribution in [0.4, 0.5) is 0 Å². The summed E-state index contributed by atoms with van der Waals surface area (Å²) in [6.07, 6.45) is 3.11. The molecule has 0 radical (unpaired) electrons. The van der Waals surface area contributed by atoms with Crippen LogP contribution in [0, 0.1) is 0 Å². The van der Waals surface area contributed by atoms with E-state index < -0.39 is 0 Å². The molecule has 0 aliphatic heterocycles. The van der Waals surface area contributed by atoms with Gasteiger partial charge in [-0.2, -0.15) is 0 Å². The van der Waals surface area contributed by atoms with Crippen LogP contribution < -0.4 is 10.5 Å². The molecule has 0 saturated carbocycles. The summed E-state index contributed by atoms with van der Waals surface area (Å²) in [5.74, 6) is 1.17. The van der Waals surface area contributed by atoms with E-state index in [1.54, 1.807) is 19.4 Å². The highest BCUT2D eigenvalue weighted by Gasteiger charge is 2.05. The third-order valence-electron chi connectivity index (χ3n) is 1.94. The molecular weight excluding hydrogens is 194 g/mol. The maximum Gasteiger partial charge on any atom is 0.216 e. The molecule has 0 aromatic carbocycles. The van der Waals surface area contributed by atoms with Gasteiger partial charge in [-0.3, -0.25) is 0 Å². The van der Waals surface area contributed by atoms with Gasteiger partial charge < -0.3 is 15.5 Å². The summed E-state index contributed by atoms with van der Waals surface area (Å²) in [4.78, 5) is 15.2. The molecule has 3 N–H and O–H groups in total. The Morgan fingerprint density at radius 2 is 2.27 bits per heavy atom. The van der Waals surface area contributed by atoms with Crippen molar-refractivity contribution in [1.29, 1.82) is 0 Å². The van der Waals surface area contributed by atoms with E-state index in [9.17, 15) is 0 Å². The van der Waals surface area contributed by atoms with Gasteiger partial charge in [-0.25, -0.2) is 15.0 Å². The molecule has 0 bridgehead atoms. The fourth-order valence-corrected chi connectivity index (χ4v) is 1.17. The maximum atomic E-state index is 5.47. The third-order valence-corrected chi connectivity index (χ3v) is 1.94. The molecule has 0 unspecified atom stereocenters. The average molecular weight is 205 g/mol. The van der Waals surface area contributed by atoms with Crippen molar-refractivity contribution >= 4 is 0 Å². The van der Waals surface area contributed by atoms with Gasteiger partial charge in [0.25, 0.3) is 0 Å². The largest absolute Gasteiger partial charge is 0.481 e. The first-order valence-electron chi connectivity index (χ1n) is 4.44. The van der Waals surface area contributed by atoms with E-state index in [-0.39, 0.29) is 0 Å². The summed E-state index contributed by atoms with van der Waals surface area (Å²) < 4.78 is 4.99. The van der Waals surface area contributed by atoms with Crippen LogP contribution in [0.25, 0.3) is 11.5 Å². The maximum absolute atomic E-state index is 5.47. The molecule has 78 valence electrons. The molecule has 0 atom stereocenters. The molecule has 2 aromatic rings. The van der Waals surface area contributed by atoms with Crippen LogP contribution in [-0.2, 0) is 6.54 Å². The van der Waals surface area contributed by atoms with Crippen LogP contribution in [0.2, 0.25) is 0 Å². The average Bonchev–Trinajstić information content (AvgIpc) is 2.78. The molecule has 0 saturated heterocycles. The van der Waals surface area contributed by atoms with Crippen LogP contribution >= 0.6 is 0 Å². The van der Waals surface area contributed by atoms with E-state index in [4.69, 9.17) is 10.5 Å². The number of methoxy groups -OCH3 is 1. The van der Waals surface area contributed by atoms with Gasteiger partial charge in [-0.1, -0.05) is 0 Å². The van der Waals surface area contributed by atoms with Gasteiger partial charge in [0.05, 0.1) is 7.11 Å². The number of hydrogen-bond donors (Lipinski definition) is 2. The molecule has 0 spiro atoms. The Morgan fingerprint density at radius 1 is 1.40 bits per heavy atom. The Hall–Kier alpha value is -1.95. The van der Waals surface area contributed by atoms with Crippen LogP contribution in [0.5, 0.6) is 5.88 Å². The molecule has 6 heteroatoms. The summed E-state index contributed by atoms with van der Waals surface area (Å²) in [7, 11) is 1.56. The monoisotopic (exact) mass is 205 g/mol. The zero-order valence-electron chi connectivity index (χ0n) is 8.27. The van der Waals surface area contributed by atoms with E-state index in [0.717, 1.165) is 5.69 Å². The minimum Gasteiger partial charge on any atom is -0.481 e. The molecule has 0 fully saturated rings. The van der Waals surface area contributed by atoms with Crippen molar-refractivity contribution in [1.82, 2.24) is 19.9 Å². The number of nitrogens with two attached hydrogens (primary N) is 1. The summed E-state index contributed by atoms with van der Waals surface area (Å²) in [5.41, 5.74) is 7.01. The molecule has 2 aromatic heterocycles. The number of imidazole rings is 1. The Labute approximate surface area is 86.5 Å². The van der Waals surface area contributed by atoms with Crippen molar-refractivity contribution in [2.75, 3.05) is 7.11 Å². The first kappa shape index (κ1) is 9.60. The Bertz CT molecular complexity index is 453. The number of nitrogens with one attached hydrogen (secondary N) is 1. The second-order valence-corrected chi connectivity index (χ2v) is 2.91. The number of H-pyrrole nitrogens is 1. The Kier molecular flexibility index (Phi) is 2.59. The van der Waals surface area contributed by atoms with E-state index in [2.05, 4.69) is 19.9 Å². The summed E-state index contributed by atoms with van der Waals surface area (Å²) in [6, 6.07) is 1.71. The predicted molar refractivity (Wildman–Crippen MR) is 54.1 cm³/mol. The molecule has 6 nitrogen and oxygen atoms in total. The first-order chi connectivity index (χ1) is 7.33. The van der Waals surface area contributed by atoms with Crippen molar-refractivity contribution in [2.24, 2.45) is 5.73 Å². The lowest BCUT2D eigenvalue weighted by Crippen LogP contribution is -1.96. The van der Waals surface area contributed by atoms with Gasteiger partial charge in [0.15, 0.2) is 5.82 Å². The molecule has 15 heavy (non-hydrogen) atoms. The quantitative estimate of drug-likeness (QED) is 0.753. The van der Waals surface area contributed by atoms with Crippen molar-refractivity contribution in [3.63, 3.8) is 0 Å². The van der Waals surface area contributed by atoms with E-state index in [1.807, 2.05) is 0 Å². The number of aromatic amines is 1. The molecule has 2 rings (SSSR count). The van der Waals surface area contributed by atoms with E-state index >= 15 is 0 Å². The standard InChI is InChI=1S/C9H11N5O/c1-15-8-2-7(12-5-13-8)9-11-4-6(3-10)14-9/h2,4-5H,3,10H2,1H3,(H,11,14). The second kappa shape index (κ2) is 4.05. The lowest BCUT2D eigenvalue weighted by Gasteiger charge is -1.99. The van der Waals surface area contributed by atoms with Crippen molar-refractivity contribution in [3.8, 4) is 17.4 Å². The minimum atomic E-state index is 0.426. The third kappa shape index (κ3) is 1.94. The SMILES string of the molecule is COc1cc(-c2ncc(CN)[nH]2)ncn1. The van der Waals surface area contributed by atoms with Crippen molar-refractivity contribution in [3.05, 3.63) is 24.3 Å². The summed E-state index contributed by atoms with van der Waals surface area (Å²) >= 11 is 0. The van der Waals surface area contributed by atoms with Gasteiger partial charge in [0.1, 0.15) is 12.0 Å². The second-order valence-electron chi connectivity index (χ2n) is 2.91. The number of hydrogen-bond acceptors (Lipinski definition) is 5. The molecule has 0 aliphatic carbocycles. The fourth-order valence-electron chi connectivity index (χ4n) is 1.17. The smallest absolute Gasteiger partial charge is 0.216 e. The van der Waals surface area contributed by atoms with Gasteiger partial charge >= 0.3 is 0 Å². The topological polar surface area (TPSA) is 89.7 Å². The first-order valence-corrected chi connectivity index (χ1v) is 4.44. The highest BCUT2D eigenvalue weighted by atomic mass is 16.5. The molecule has 0 aliphatic rings. The lowest BCUT2D eigenvalue weighted by molar-refractivity contribution is 0.397. The van der Waals surface area contributed by atoms with Crippen LogP contribution in [0.1, 0.15) is 5.69 Å². The zero-order valence-corrected chi connectivity index (χ0v) is 8.27. The zero-order chi connectivity index (χ0) is 10.7. The van der Waals surface area contributed by atoms with Crippen LogP contribution in [0.15, 0.2) is 18.6 Å². The number of rotatable bonds is 3. The highest BCUT2D eigenvalue weighted by Crippen LogP contribution is 2.15. The van der Waals surface area contributed by atoms with Crippen molar-refractivity contribution < 1.29 is 4.74 Å². The van der Waals surface area contributed by atoms with Gasteiger partial charge in [0.2, 0.25) is 5.88 Å². The number of ether oxygens (including phenoxy) is 1. The molecule has 0 amide bonds. The van der Waals surface area contributed by atoms with Gasteiger partial charge in [-0.15, -0.1) is 0 Å².